The highest BCUT2D eigenvalue weighted by molar-refractivity contribution is 7.12. The molecule has 0 bridgehead atoms. The molecule has 0 aliphatic heterocycles. The Labute approximate surface area is 140 Å². The third-order valence-corrected chi connectivity index (χ3v) is 3.93. The van der Waals surface area contributed by atoms with Crippen LogP contribution in [0, 0.1) is 6.92 Å². The summed E-state index contributed by atoms with van der Waals surface area (Å²) in [5.41, 5.74) is 1.49. The van der Waals surface area contributed by atoms with Crippen LogP contribution in [-0.2, 0) is 0 Å². The number of ketones is 1. The van der Waals surface area contributed by atoms with E-state index >= 15 is 0 Å². The number of nitrogens with zero attached hydrogens (tertiary/aromatic N) is 1. The summed E-state index contributed by atoms with van der Waals surface area (Å²) >= 11 is 1.05. The molecule has 0 unspecified atom stereocenters. The van der Waals surface area contributed by atoms with Crippen molar-refractivity contribution < 1.29 is 22.8 Å². The van der Waals surface area contributed by atoms with Crippen LogP contribution < -0.4 is 5.43 Å². The minimum absolute atomic E-state index is 0.185. The van der Waals surface area contributed by atoms with Gasteiger partial charge >= 0.3 is 6.18 Å². The molecule has 8 heteroatoms. The maximum atomic E-state index is 13.0. The molecule has 2 aromatic rings. The minimum atomic E-state index is -4.81. The third kappa shape index (κ3) is 4.76. The SMILES string of the molecule is Cc1cccc(C(=O)N/N=C(/CC(=O)c2cccs2)C(F)(F)F)c1. The summed E-state index contributed by atoms with van der Waals surface area (Å²) in [6.45, 7) is 1.75. The first-order valence-electron chi connectivity index (χ1n) is 6.85. The molecule has 2 rings (SSSR count). The quantitative estimate of drug-likeness (QED) is 0.502. The minimum Gasteiger partial charge on any atom is -0.293 e. The van der Waals surface area contributed by atoms with Gasteiger partial charge in [0.25, 0.3) is 5.91 Å². The topological polar surface area (TPSA) is 58.5 Å². The van der Waals surface area contributed by atoms with Crippen molar-refractivity contribution in [2.45, 2.75) is 19.5 Å². The molecule has 0 saturated carbocycles. The maximum Gasteiger partial charge on any atom is 0.431 e. The molecule has 1 N–H and O–H groups in total. The number of hydrazone groups is 1. The van der Waals surface area contributed by atoms with Gasteiger partial charge in [-0.1, -0.05) is 23.8 Å². The second-order valence-electron chi connectivity index (χ2n) is 4.94. The van der Waals surface area contributed by atoms with Crippen LogP contribution >= 0.6 is 11.3 Å². The van der Waals surface area contributed by atoms with E-state index in [1.807, 2.05) is 5.43 Å². The first-order valence-corrected chi connectivity index (χ1v) is 7.73. The molecule has 1 aromatic heterocycles. The number of Topliss-reactive ketones (excluding diaryl/α,β-unsaturated/α-hetero) is 1. The molecule has 4 nitrogen and oxygen atoms in total. The summed E-state index contributed by atoms with van der Waals surface area (Å²) < 4.78 is 39.0. The molecule has 0 aliphatic carbocycles. The summed E-state index contributed by atoms with van der Waals surface area (Å²) in [6.07, 6.45) is -5.75. The smallest absolute Gasteiger partial charge is 0.293 e. The van der Waals surface area contributed by atoms with Gasteiger partial charge in [-0.15, -0.1) is 11.3 Å². The van der Waals surface area contributed by atoms with Gasteiger partial charge in [0.2, 0.25) is 0 Å². The number of nitrogens with one attached hydrogen (secondary N) is 1. The number of thiophene rings is 1. The number of alkyl halides is 3. The Morgan fingerprint density at radius 1 is 1.21 bits per heavy atom. The van der Waals surface area contributed by atoms with Crippen molar-refractivity contribution in [1.82, 2.24) is 5.43 Å². The molecule has 0 atom stereocenters. The van der Waals surface area contributed by atoms with Crippen LogP contribution in [0.4, 0.5) is 13.2 Å². The first-order chi connectivity index (χ1) is 11.3. The number of amides is 1. The Bertz CT molecular complexity index is 768. The number of hydrogen-bond acceptors (Lipinski definition) is 4. The van der Waals surface area contributed by atoms with Crippen LogP contribution in [0.5, 0.6) is 0 Å². The molecule has 0 aliphatic rings. The second-order valence-corrected chi connectivity index (χ2v) is 5.89. The summed E-state index contributed by atoms with van der Waals surface area (Å²) in [5, 5.41) is 4.72. The highest BCUT2D eigenvalue weighted by Crippen LogP contribution is 2.22. The van der Waals surface area contributed by atoms with Crippen LogP contribution in [0.25, 0.3) is 0 Å². The van der Waals surface area contributed by atoms with Crippen LogP contribution in [0.15, 0.2) is 46.9 Å². The van der Waals surface area contributed by atoms with Gasteiger partial charge in [-0.05, 0) is 30.5 Å². The van der Waals surface area contributed by atoms with Gasteiger partial charge < -0.3 is 0 Å². The number of halogens is 3. The monoisotopic (exact) mass is 354 g/mol. The lowest BCUT2D eigenvalue weighted by Crippen LogP contribution is -2.30. The van der Waals surface area contributed by atoms with Crippen molar-refractivity contribution in [2.24, 2.45) is 5.10 Å². The fourth-order valence-corrected chi connectivity index (χ4v) is 2.51. The summed E-state index contributed by atoms with van der Waals surface area (Å²) in [5.74, 6) is -1.48. The van der Waals surface area contributed by atoms with Gasteiger partial charge in [-0.2, -0.15) is 18.3 Å². The van der Waals surface area contributed by atoms with Crippen LogP contribution in [0.1, 0.15) is 32.0 Å². The van der Waals surface area contributed by atoms with Gasteiger partial charge in [0.05, 0.1) is 11.3 Å². The number of carbonyl (C=O) groups is 2. The Kier molecular flexibility index (Phi) is 5.50. The lowest BCUT2D eigenvalue weighted by atomic mass is 10.1. The summed E-state index contributed by atoms with van der Waals surface area (Å²) in [7, 11) is 0. The molecular formula is C16H13F3N2O2S. The maximum absolute atomic E-state index is 13.0. The van der Waals surface area contributed by atoms with E-state index in [0.29, 0.717) is 0 Å². The molecule has 1 aromatic carbocycles. The van der Waals surface area contributed by atoms with Crippen molar-refractivity contribution in [1.29, 1.82) is 0 Å². The van der Waals surface area contributed by atoms with Gasteiger partial charge in [0, 0.05) is 5.56 Å². The van der Waals surface area contributed by atoms with E-state index in [1.165, 1.54) is 18.2 Å². The Balaban J connectivity index is 2.14. The predicted octanol–water partition coefficient (Wildman–Crippen LogP) is 3.98. The second kappa shape index (κ2) is 7.39. The standard InChI is InChI=1S/C16H13F3N2O2S/c1-10-4-2-5-11(8-10)15(23)21-20-14(16(17,18)19)9-12(22)13-6-3-7-24-13/h2-8H,9H2,1H3,(H,21,23)/b20-14-. The molecule has 24 heavy (non-hydrogen) atoms. The lowest BCUT2D eigenvalue weighted by molar-refractivity contribution is -0.0605. The van der Waals surface area contributed by atoms with E-state index in [0.717, 1.165) is 16.9 Å². The highest BCUT2D eigenvalue weighted by atomic mass is 32.1. The average molecular weight is 354 g/mol. The van der Waals surface area contributed by atoms with Crippen molar-refractivity contribution >= 4 is 28.7 Å². The van der Waals surface area contributed by atoms with Crippen LogP contribution in [0.3, 0.4) is 0 Å². The van der Waals surface area contributed by atoms with E-state index in [1.54, 1.807) is 30.5 Å². The van der Waals surface area contributed by atoms with E-state index in [9.17, 15) is 22.8 Å². The fourth-order valence-electron chi connectivity index (χ4n) is 1.85. The Hall–Kier alpha value is -2.48. The lowest BCUT2D eigenvalue weighted by Gasteiger charge is -2.10. The average Bonchev–Trinajstić information content (AvgIpc) is 3.04. The molecule has 0 saturated heterocycles. The zero-order chi connectivity index (χ0) is 17.7. The molecule has 0 spiro atoms. The Morgan fingerprint density at radius 3 is 2.54 bits per heavy atom. The molecule has 0 radical (unpaired) electrons. The first kappa shape index (κ1) is 17.9. The van der Waals surface area contributed by atoms with Gasteiger partial charge in [-0.25, -0.2) is 5.43 Å². The van der Waals surface area contributed by atoms with Crippen molar-refractivity contribution in [3.63, 3.8) is 0 Å². The van der Waals surface area contributed by atoms with E-state index in [-0.39, 0.29) is 10.4 Å². The van der Waals surface area contributed by atoms with E-state index < -0.39 is 30.0 Å². The molecule has 1 heterocycles. The third-order valence-electron chi connectivity index (χ3n) is 3.02. The predicted molar refractivity (Wildman–Crippen MR) is 85.4 cm³/mol. The number of hydrogen-bond donors (Lipinski definition) is 1. The van der Waals surface area contributed by atoms with Gasteiger partial charge in [-0.3, -0.25) is 9.59 Å². The Morgan fingerprint density at radius 2 is 1.96 bits per heavy atom. The fraction of sp³-hybridized carbons (Fsp3) is 0.188. The molecule has 0 fully saturated rings. The zero-order valence-electron chi connectivity index (χ0n) is 12.6. The van der Waals surface area contributed by atoms with Crippen LogP contribution in [-0.4, -0.2) is 23.6 Å². The molecule has 126 valence electrons. The molecule has 1 amide bonds. The van der Waals surface area contributed by atoms with Crippen LogP contribution in [0.2, 0.25) is 0 Å². The van der Waals surface area contributed by atoms with Crippen molar-refractivity contribution in [3.05, 3.63) is 57.8 Å². The van der Waals surface area contributed by atoms with E-state index in [2.05, 4.69) is 5.10 Å². The van der Waals surface area contributed by atoms with Crippen molar-refractivity contribution in [3.8, 4) is 0 Å². The number of benzene rings is 1. The summed E-state index contributed by atoms with van der Waals surface area (Å²) in [4.78, 5) is 23.9. The number of aryl methyl sites for hydroxylation is 1. The zero-order valence-corrected chi connectivity index (χ0v) is 13.4. The van der Waals surface area contributed by atoms with Gasteiger partial charge in [0.1, 0.15) is 5.71 Å². The largest absolute Gasteiger partial charge is 0.431 e. The number of rotatable bonds is 5. The molecular weight excluding hydrogens is 341 g/mol. The highest BCUT2D eigenvalue weighted by Gasteiger charge is 2.37. The van der Waals surface area contributed by atoms with E-state index in [4.69, 9.17) is 0 Å². The van der Waals surface area contributed by atoms with Gasteiger partial charge in [0.15, 0.2) is 5.78 Å². The normalized spacial score (nSPS) is 12.1. The van der Waals surface area contributed by atoms with Crippen molar-refractivity contribution in [2.75, 3.05) is 0 Å². The summed E-state index contributed by atoms with van der Waals surface area (Å²) in [6, 6.07) is 9.35. The number of carbonyl (C=O) groups excluding carboxylic acids is 2.